The van der Waals surface area contributed by atoms with Crippen LogP contribution in [0.5, 0.6) is 5.75 Å². The molecular formula is C30H28ClFN4O4. The topological polar surface area (TPSA) is 85.7 Å². The van der Waals surface area contributed by atoms with E-state index in [4.69, 9.17) is 21.1 Å². The van der Waals surface area contributed by atoms with E-state index in [9.17, 15) is 14.0 Å². The molecule has 0 unspecified atom stereocenters. The molecule has 0 bridgehead atoms. The molecule has 10 heteroatoms. The molecule has 0 spiro atoms. The van der Waals surface area contributed by atoms with Crippen molar-refractivity contribution in [3.63, 3.8) is 0 Å². The fourth-order valence-corrected chi connectivity index (χ4v) is 4.68. The molecule has 1 saturated heterocycles. The third-order valence-electron chi connectivity index (χ3n) is 6.59. The van der Waals surface area contributed by atoms with Crippen LogP contribution >= 0.6 is 11.6 Å². The largest absolute Gasteiger partial charge is 0.497 e. The Balaban J connectivity index is 1.42. The summed E-state index contributed by atoms with van der Waals surface area (Å²) in [6.45, 7) is 0.613. The van der Waals surface area contributed by atoms with Crippen molar-refractivity contribution in [3.05, 3.63) is 95.4 Å². The maximum atomic E-state index is 13.5. The third kappa shape index (κ3) is 6.50. The molecule has 1 aliphatic heterocycles. The maximum Gasteiger partial charge on any atom is 0.254 e. The zero-order chi connectivity index (χ0) is 28.1. The smallest absolute Gasteiger partial charge is 0.254 e. The number of benzene rings is 3. The Morgan fingerprint density at radius 1 is 1.15 bits per heavy atom. The van der Waals surface area contributed by atoms with Crippen molar-refractivity contribution in [2.45, 2.75) is 18.9 Å². The van der Waals surface area contributed by atoms with E-state index in [1.54, 1.807) is 30.0 Å². The molecule has 1 aliphatic rings. The van der Waals surface area contributed by atoms with E-state index in [2.05, 4.69) is 10.3 Å². The van der Waals surface area contributed by atoms with Gasteiger partial charge in [0.25, 0.3) is 5.91 Å². The summed E-state index contributed by atoms with van der Waals surface area (Å²) in [5, 5.41) is 3.47. The summed E-state index contributed by atoms with van der Waals surface area (Å²) in [6, 6.07) is 19.8. The molecule has 1 fully saturated rings. The van der Waals surface area contributed by atoms with Crippen molar-refractivity contribution >= 4 is 29.4 Å². The zero-order valence-corrected chi connectivity index (χ0v) is 22.6. The molecular weight excluding hydrogens is 535 g/mol. The number of amides is 2. The highest BCUT2D eigenvalue weighted by Gasteiger charge is 2.26. The first-order valence-corrected chi connectivity index (χ1v) is 13.2. The van der Waals surface area contributed by atoms with Crippen LogP contribution in [-0.2, 0) is 9.53 Å². The predicted octanol–water partition coefficient (Wildman–Crippen LogP) is 5.60. The van der Waals surface area contributed by atoms with Crippen molar-refractivity contribution in [1.29, 1.82) is 0 Å². The van der Waals surface area contributed by atoms with Crippen LogP contribution in [0.25, 0.3) is 16.9 Å². The van der Waals surface area contributed by atoms with Crippen molar-refractivity contribution < 1.29 is 23.5 Å². The molecule has 4 aromatic rings. The van der Waals surface area contributed by atoms with Crippen LogP contribution < -0.4 is 10.1 Å². The molecule has 1 aromatic heterocycles. The van der Waals surface area contributed by atoms with Gasteiger partial charge in [0.2, 0.25) is 11.9 Å². The van der Waals surface area contributed by atoms with Gasteiger partial charge in [0.1, 0.15) is 18.1 Å². The minimum Gasteiger partial charge on any atom is -0.497 e. The highest BCUT2D eigenvalue weighted by Crippen LogP contribution is 2.27. The second-order valence-electron chi connectivity index (χ2n) is 9.40. The Morgan fingerprint density at radius 3 is 2.62 bits per heavy atom. The van der Waals surface area contributed by atoms with Gasteiger partial charge >= 0.3 is 0 Å². The monoisotopic (exact) mass is 562 g/mol. The van der Waals surface area contributed by atoms with Crippen LogP contribution in [-0.4, -0.2) is 59.2 Å². The normalized spacial score (nSPS) is 14.6. The zero-order valence-electron chi connectivity index (χ0n) is 21.8. The number of halogens is 2. The Hall–Kier alpha value is -4.21. The first kappa shape index (κ1) is 27.4. The lowest BCUT2D eigenvalue weighted by atomic mass is 10.1. The lowest BCUT2D eigenvalue weighted by molar-refractivity contribution is -0.117. The fourth-order valence-electron chi connectivity index (χ4n) is 4.55. The quantitative estimate of drug-likeness (QED) is 0.287. The van der Waals surface area contributed by atoms with Crippen LogP contribution in [0.4, 0.5) is 10.3 Å². The Morgan fingerprint density at radius 2 is 1.93 bits per heavy atom. The number of rotatable bonds is 9. The second-order valence-corrected chi connectivity index (χ2v) is 9.84. The molecule has 2 amide bonds. The summed E-state index contributed by atoms with van der Waals surface area (Å²) in [5.74, 6) is -0.353. The number of nitrogens with zero attached hydrogens (tertiary/aromatic N) is 3. The fraction of sp³-hybridized carbons (Fsp3) is 0.233. The van der Waals surface area contributed by atoms with Gasteiger partial charge < -0.3 is 14.4 Å². The second kappa shape index (κ2) is 12.3. The molecule has 5 rings (SSSR count). The van der Waals surface area contributed by atoms with Crippen LogP contribution in [0, 0.1) is 5.82 Å². The number of ether oxygens (including phenoxy) is 2. The van der Waals surface area contributed by atoms with E-state index in [0.717, 1.165) is 24.1 Å². The van der Waals surface area contributed by atoms with Crippen LogP contribution in [0.2, 0.25) is 5.02 Å². The van der Waals surface area contributed by atoms with Crippen LogP contribution in [0.15, 0.2) is 79.0 Å². The average Bonchev–Trinajstić information content (AvgIpc) is 3.63. The molecule has 1 atom stereocenters. The SMILES string of the molecule is COc1cccc(-n2cc(-c3ccc(Cl)cc3)nc2NC(=O)CN(C[C@H]2CCCO2)C(=O)c2ccc(F)cc2)c1. The van der Waals surface area contributed by atoms with Gasteiger partial charge in [-0.3, -0.25) is 19.5 Å². The molecule has 0 aliphatic carbocycles. The number of anilines is 1. The Kier molecular flexibility index (Phi) is 8.42. The summed E-state index contributed by atoms with van der Waals surface area (Å²) in [7, 11) is 1.58. The molecule has 3 aromatic carbocycles. The van der Waals surface area contributed by atoms with Gasteiger partial charge in [0, 0.05) is 41.6 Å². The maximum absolute atomic E-state index is 13.5. The number of carbonyl (C=O) groups excluding carboxylic acids is 2. The van der Waals surface area contributed by atoms with Crippen LogP contribution in [0.3, 0.4) is 0 Å². The number of nitrogens with one attached hydrogen (secondary N) is 1. The van der Waals surface area contributed by atoms with Gasteiger partial charge in [0.15, 0.2) is 0 Å². The van der Waals surface area contributed by atoms with Gasteiger partial charge in [-0.25, -0.2) is 9.37 Å². The summed E-state index contributed by atoms with van der Waals surface area (Å²) in [4.78, 5) is 32.8. The lowest BCUT2D eigenvalue weighted by Crippen LogP contribution is -2.42. The van der Waals surface area contributed by atoms with Gasteiger partial charge in [-0.15, -0.1) is 0 Å². The number of methoxy groups -OCH3 is 1. The van der Waals surface area contributed by atoms with E-state index in [-0.39, 0.29) is 36.6 Å². The highest BCUT2D eigenvalue weighted by atomic mass is 35.5. The van der Waals surface area contributed by atoms with Crippen molar-refractivity contribution in [2.24, 2.45) is 0 Å². The lowest BCUT2D eigenvalue weighted by Gasteiger charge is -2.25. The first-order valence-electron chi connectivity index (χ1n) is 12.9. The number of aromatic nitrogens is 2. The summed E-state index contributed by atoms with van der Waals surface area (Å²) < 4.78 is 26.3. The number of carbonyl (C=O) groups is 2. The van der Waals surface area contributed by atoms with Crippen LogP contribution in [0.1, 0.15) is 23.2 Å². The molecule has 206 valence electrons. The molecule has 0 radical (unpaired) electrons. The number of hydrogen-bond donors (Lipinski definition) is 1. The summed E-state index contributed by atoms with van der Waals surface area (Å²) in [5.41, 5.74) is 2.44. The van der Waals surface area contributed by atoms with E-state index in [1.807, 2.05) is 36.4 Å². The Bertz CT molecular complexity index is 1480. The van der Waals surface area contributed by atoms with Gasteiger partial charge in [-0.2, -0.15) is 0 Å². The first-order chi connectivity index (χ1) is 19.4. The molecule has 8 nitrogen and oxygen atoms in total. The van der Waals surface area contributed by atoms with E-state index in [0.29, 0.717) is 23.1 Å². The molecule has 0 saturated carbocycles. The third-order valence-corrected chi connectivity index (χ3v) is 6.84. The summed E-state index contributed by atoms with van der Waals surface area (Å²) >= 11 is 6.06. The van der Waals surface area contributed by atoms with E-state index >= 15 is 0 Å². The standard InChI is InChI=1S/C30H28ClFN4O4/c1-39-25-5-2-4-24(16-25)36-18-27(20-7-11-22(31)12-8-20)33-30(36)34-28(37)19-35(17-26-6-3-15-40-26)29(38)21-9-13-23(32)14-10-21/h2,4-5,7-14,16,18,26H,3,6,15,17,19H2,1H3,(H,33,34,37)/t26-/m1/s1. The van der Waals surface area contributed by atoms with Crippen molar-refractivity contribution in [2.75, 3.05) is 32.1 Å². The van der Waals surface area contributed by atoms with E-state index < -0.39 is 11.7 Å². The minimum absolute atomic E-state index is 0.174. The van der Waals surface area contributed by atoms with Gasteiger partial charge in [-0.05, 0) is 61.4 Å². The number of hydrogen-bond acceptors (Lipinski definition) is 5. The van der Waals surface area contributed by atoms with E-state index in [1.165, 1.54) is 29.2 Å². The predicted molar refractivity (Wildman–Crippen MR) is 150 cm³/mol. The average molecular weight is 563 g/mol. The van der Waals surface area contributed by atoms with Gasteiger partial charge in [0.05, 0.1) is 24.6 Å². The Labute approximate surface area is 236 Å². The number of imidazole rings is 1. The minimum atomic E-state index is -0.444. The molecule has 2 heterocycles. The molecule has 1 N–H and O–H groups in total. The van der Waals surface area contributed by atoms with Gasteiger partial charge in [-0.1, -0.05) is 29.8 Å². The highest BCUT2D eigenvalue weighted by molar-refractivity contribution is 6.30. The van der Waals surface area contributed by atoms with Crippen molar-refractivity contribution in [1.82, 2.24) is 14.5 Å². The summed E-state index contributed by atoms with van der Waals surface area (Å²) in [6.07, 6.45) is 3.31. The molecule has 40 heavy (non-hydrogen) atoms. The van der Waals surface area contributed by atoms with Crippen molar-refractivity contribution in [3.8, 4) is 22.7 Å².